The summed E-state index contributed by atoms with van der Waals surface area (Å²) in [7, 11) is 0. The molecular weight excluding hydrogens is 352 g/mol. The van der Waals surface area contributed by atoms with E-state index >= 15 is 0 Å². The molecule has 27 heavy (non-hydrogen) atoms. The Labute approximate surface area is 157 Å². The first-order valence-corrected chi connectivity index (χ1v) is 8.27. The molecule has 1 aromatic carbocycles. The molecule has 146 valence electrons. The molecule has 2 rings (SSSR count). The maximum Gasteiger partial charge on any atom is 0.334 e. The number of aliphatic hydroxyl groups excluding tert-OH is 1. The molecule has 0 aliphatic heterocycles. The van der Waals surface area contributed by atoms with Crippen molar-refractivity contribution in [2.45, 2.75) is 38.2 Å². The zero-order valence-corrected chi connectivity index (χ0v) is 15.5. The molecule has 1 aliphatic carbocycles. The van der Waals surface area contributed by atoms with Crippen LogP contribution in [0.5, 0.6) is 0 Å². The number of carbonyl (C=O) groups excluding carboxylic acids is 1. The van der Waals surface area contributed by atoms with E-state index < -0.39 is 23.0 Å². The van der Waals surface area contributed by atoms with Gasteiger partial charge in [0, 0.05) is 6.61 Å². The molecule has 0 radical (unpaired) electrons. The van der Waals surface area contributed by atoms with Gasteiger partial charge in [-0.3, -0.25) is 4.79 Å². The summed E-state index contributed by atoms with van der Waals surface area (Å²) < 4.78 is 0. The average molecular weight is 376 g/mol. The number of hydrogen-bond donors (Lipinski definition) is 4. The standard InChI is InChI=1S/C17H18O6.C3H6O/c1-16(23)13(14(19)20)3-2-9-17(16,15(21)22)12-6-4-11(5-7-12)8-10-18;1-3(2)4/h2-7,9,18,23H,8,10H2,1H3,(H,19,20)(H,21,22);1-2H3. The van der Waals surface area contributed by atoms with Crippen molar-refractivity contribution in [3.05, 3.63) is 59.2 Å². The van der Waals surface area contributed by atoms with Gasteiger partial charge in [-0.15, -0.1) is 0 Å². The maximum atomic E-state index is 12.0. The lowest BCUT2D eigenvalue weighted by atomic mass is 9.62. The second-order valence-corrected chi connectivity index (χ2v) is 6.51. The Morgan fingerprint density at radius 1 is 1.04 bits per heavy atom. The number of rotatable bonds is 5. The Morgan fingerprint density at radius 3 is 1.96 bits per heavy atom. The van der Waals surface area contributed by atoms with E-state index in [1.54, 1.807) is 12.1 Å². The number of ketones is 1. The number of hydrogen-bond acceptors (Lipinski definition) is 5. The fourth-order valence-electron chi connectivity index (χ4n) is 2.95. The van der Waals surface area contributed by atoms with Crippen LogP contribution in [-0.4, -0.2) is 50.4 Å². The van der Waals surface area contributed by atoms with E-state index in [1.165, 1.54) is 51.1 Å². The van der Waals surface area contributed by atoms with Crippen LogP contribution in [0.2, 0.25) is 0 Å². The van der Waals surface area contributed by atoms with Crippen LogP contribution >= 0.6 is 0 Å². The van der Waals surface area contributed by atoms with Crippen molar-refractivity contribution >= 4 is 17.7 Å². The summed E-state index contributed by atoms with van der Waals surface area (Å²) in [5.41, 5.74) is -3.35. The molecule has 0 heterocycles. The van der Waals surface area contributed by atoms with Crippen molar-refractivity contribution in [3.8, 4) is 0 Å². The first-order valence-electron chi connectivity index (χ1n) is 8.27. The van der Waals surface area contributed by atoms with Crippen LogP contribution in [0.3, 0.4) is 0 Å². The monoisotopic (exact) mass is 376 g/mol. The SMILES string of the molecule is CC(C)=O.CC1(O)C(C(=O)O)=CC=CC1(C(=O)O)c1ccc(CCO)cc1. The lowest BCUT2D eigenvalue weighted by Crippen LogP contribution is -2.57. The van der Waals surface area contributed by atoms with E-state index in [9.17, 15) is 29.7 Å². The first kappa shape index (κ1) is 22.3. The molecule has 0 amide bonds. The van der Waals surface area contributed by atoms with Crippen molar-refractivity contribution in [2.24, 2.45) is 0 Å². The first-order chi connectivity index (χ1) is 12.5. The molecule has 0 fully saturated rings. The molecule has 2 unspecified atom stereocenters. The van der Waals surface area contributed by atoms with Crippen LogP contribution in [0.1, 0.15) is 31.9 Å². The molecule has 0 bridgehead atoms. The largest absolute Gasteiger partial charge is 0.480 e. The quantitative estimate of drug-likeness (QED) is 0.612. The predicted octanol–water partition coefficient (Wildman–Crippen LogP) is 1.47. The predicted molar refractivity (Wildman–Crippen MR) is 98.4 cm³/mol. The number of carboxylic acid groups (broad SMARTS) is 2. The van der Waals surface area contributed by atoms with Gasteiger partial charge >= 0.3 is 11.9 Å². The number of allylic oxidation sites excluding steroid dienone is 2. The van der Waals surface area contributed by atoms with E-state index in [4.69, 9.17) is 5.11 Å². The maximum absolute atomic E-state index is 12.0. The van der Waals surface area contributed by atoms with Crippen molar-refractivity contribution in [3.63, 3.8) is 0 Å². The summed E-state index contributed by atoms with van der Waals surface area (Å²) in [5, 5.41) is 38.8. The van der Waals surface area contributed by atoms with Gasteiger partial charge in [0.05, 0.1) is 5.57 Å². The summed E-state index contributed by atoms with van der Waals surface area (Å²) in [6, 6.07) is 6.36. The highest BCUT2D eigenvalue weighted by atomic mass is 16.4. The van der Waals surface area contributed by atoms with Crippen molar-refractivity contribution in [1.29, 1.82) is 0 Å². The van der Waals surface area contributed by atoms with Crippen molar-refractivity contribution < 1.29 is 34.8 Å². The second kappa shape index (κ2) is 8.75. The third kappa shape index (κ3) is 4.50. The fraction of sp³-hybridized carbons (Fsp3) is 0.350. The topological polar surface area (TPSA) is 132 Å². The van der Waals surface area contributed by atoms with E-state index in [0.717, 1.165) is 5.56 Å². The van der Waals surface area contributed by atoms with E-state index in [1.807, 2.05) is 0 Å². The van der Waals surface area contributed by atoms with Gasteiger partial charge in [-0.05, 0) is 44.4 Å². The van der Waals surface area contributed by atoms with Crippen LogP contribution in [0.25, 0.3) is 0 Å². The number of aliphatic carboxylic acids is 2. The molecule has 7 heteroatoms. The minimum atomic E-state index is -2.13. The van der Waals surface area contributed by atoms with E-state index in [0.29, 0.717) is 6.42 Å². The molecule has 0 saturated carbocycles. The molecule has 1 aliphatic rings. The van der Waals surface area contributed by atoms with Gasteiger partial charge in [-0.25, -0.2) is 4.79 Å². The zero-order chi connectivity index (χ0) is 20.8. The lowest BCUT2D eigenvalue weighted by Gasteiger charge is -2.42. The Kier molecular flexibility index (Phi) is 7.21. The summed E-state index contributed by atoms with van der Waals surface area (Å²) >= 11 is 0. The average Bonchev–Trinajstić information content (AvgIpc) is 2.54. The highest BCUT2D eigenvalue weighted by Gasteiger charge is 2.57. The normalized spacial score (nSPS) is 23.7. The molecule has 2 atom stereocenters. The van der Waals surface area contributed by atoms with Gasteiger partial charge in [0.25, 0.3) is 0 Å². The zero-order valence-electron chi connectivity index (χ0n) is 15.5. The van der Waals surface area contributed by atoms with Gasteiger partial charge in [0.1, 0.15) is 16.8 Å². The Bertz CT molecular complexity index is 768. The summed E-state index contributed by atoms with van der Waals surface area (Å²) in [6.07, 6.45) is 4.25. The number of Topliss-reactive ketones (excluding diaryl/α,β-unsaturated/α-hetero) is 1. The molecule has 0 spiro atoms. The molecule has 1 aromatic rings. The van der Waals surface area contributed by atoms with E-state index in [2.05, 4.69) is 0 Å². The van der Waals surface area contributed by atoms with Crippen LogP contribution < -0.4 is 0 Å². The van der Waals surface area contributed by atoms with Crippen molar-refractivity contribution in [1.82, 2.24) is 0 Å². The highest BCUT2D eigenvalue weighted by Crippen LogP contribution is 2.44. The Morgan fingerprint density at radius 2 is 1.56 bits per heavy atom. The smallest absolute Gasteiger partial charge is 0.334 e. The van der Waals surface area contributed by atoms with E-state index in [-0.39, 0.29) is 23.5 Å². The van der Waals surface area contributed by atoms with Crippen LogP contribution in [0.15, 0.2) is 48.1 Å². The number of carbonyl (C=O) groups is 3. The van der Waals surface area contributed by atoms with Gasteiger partial charge in [0.2, 0.25) is 0 Å². The fourth-order valence-corrected chi connectivity index (χ4v) is 2.95. The van der Waals surface area contributed by atoms with Crippen LogP contribution in [-0.2, 0) is 26.2 Å². The lowest BCUT2D eigenvalue weighted by molar-refractivity contribution is -0.151. The third-order valence-electron chi connectivity index (χ3n) is 4.28. The number of aliphatic hydroxyl groups is 2. The minimum absolute atomic E-state index is 0.0348. The van der Waals surface area contributed by atoms with Crippen molar-refractivity contribution in [2.75, 3.05) is 6.61 Å². The van der Waals surface area contributed by atoms with Gasteiger partial charge < -0.3 is 25.2 Å². The summed E-state index contributed by atoms with van der Waals surface area (Å²) in [4.78, 5) is 32.8. The minimum Gasteiger partial charge on any atom is -0.480 e. The second-order valence-electron chi connectivity index (χ2n) is 6.51. The molecule has 7 nitrogen and oxygen atoms in total. The molecule has 4 N–H and O–H groups in total. The Balaban J connectivity index is 0.000000828. The van der Waals surface area contributed by atoms with Gasteiger partial charge in [-0.2, -0.15) is 0 Å². The molecular formula is C20H24O7. The third-order valence-corrected chi connectivity index (χ3v) is 4.28. The van der Waals surface area contributed by atoms with Crippen LogP contribution in [0, 0.1) is 0 Å². The number of benzene rings is 1. The number of carboxylic acids is 2. The molecule has 0 saturated heterocycles. The van der Waals surface area contributed by atoms with Crippen LogP contribution in [0.4, 0.5) is 0 Å². The summed E-state index contributed by atoms with van der Waals surface area (Å²) in [5.74, 6) is -2.55. The highest BCUT2D eigenvalue weighted by molar-refractivity contribution is 5.96. The van der Waals surface area contributed by atoms with Gasteiger partial charge in [-0.1, -0.05) is 36.4 Å². The molecule has 0 aromatic heterocycles. The van der Waals surface area contributed by atoms with Gasteiger partial charge in [0.15, 0.2) is 0 Å². The Hall–Kier alpha value is -2.77. The summed E-state index contributed by atoms with van der Waals surface area (Å²) in [6.45, 7) is 4.21.